The van der Waals surface area contributed by atoms with E-state index >= 15 is 0 Å². The van der Waals surface area contributed by atoms with E-state index < -0.39 is 17.2 Å². The maximum absolute atomic E-state index is 10.4. The van der Waals surface area contributed by atoms with Gasteiger partial charge in [-0.25, -0.2) is 0 Å². The van der Waals surface area contributed by atoms with Crippen LogP contribution in [-0.2, 0) is 9.59 Å². The van der Waals surface area contributed by atoms with E-state index in [9.17, 15) is 9.59 Å². The zero-order valence-electron chi connectivity index (χ0n) is 6.40. The molecule has 0 amide bonds. The second-order valence-corrected chi connectivity index (χ2v) is 3.28. The standard InChI is InChI=1S/C7H10O4S/c1-2-3-12-5(7(10)11)4-6(8)9/h2,5H,1,3-4H2,(H,8,9)(H,10,11). The molecule has 5 heteroatoms. The van der Waals surface area contributed by atoms with Crippen molar-refractivity contribution in [3.05, 3.63) is 12.7 Å². The van der Waals surface area contributed by atoms with E-state index in [1.165, 1.54) is 0 Å². The van der Waals surface area contributed by atoms with E-state index in [2.05, 4.69) is 6.58 Å². The summed E-state index contributed by atoms with van der Waals surface area (Å²) in [6, 6.07) is 0. The third kappa shape index (κ3) is 4.79. The molecule has 0 aromatic heterocycles. The first kappa shape index (κ1) is 11.0. The molecule has 0 fully saturated rings. The topological polar surface area (TPSA) is 74.6 Å². The van der Waals surface area contributed by atoms with Crippen molar-refractivity contribution in [2.75, 3.05) is 5.75 Å². The van der Waals surface area contributed by atoms with Crippen molar-refractivity contribution in [3.63, 3.8) is 0 Å². The molecular weight excluding hydrogens is 180 g/mol. The Kier molecular flexibility index (Phi) is 5.19. The number of carbonyl (C=O) groups is 2. The van der Waals surface area contributed by atoms with Gasteiger partial charge in [-0.05, 0) is 0 Å². The van der Waals surface area contributed by atoms with E-state index in [-0.39, 0.29) is 6.42 Å². The van der Waals surface area contributed by atoms with Crippen molar-refractivity contribution in [3.8, 4) is 0 Å². The molecule has 0 radical (unpaired) electrons. The van der Waals surface area contributed by atoms with Gasteiger partial charge in [-0.15, -0.1) is 18.3 Å². The summed E-state index contributed by atoms with van der Waals surface area (Å²) in [5, 5.41) is 16.0. The van der Waals surface area contributed by atoms with Gasteiger partial charge in [0.2, 0.25) is 0 Å². The van der Waals surface area contributed by atoms with E-state index in [1.54, 1.807) is 6.08 Å². The van der Waals surface area contributed by atoms with Gasteiger partial charge in [0.15, 0.2) is 0 Å². The van der Waals surface area contributed by atoms with Crippen LogP contribution in [0.1, 0.15) is 6.42 Å². The van der Waals surface area contributed by atoms with Gasteiger partial charge in [0.05, 0.1) is 6.42 Å². The van der Waals surface area contributed by atoms with Crippen LogP contribution >= 0.6 is 11.8 Å². The molecule has 0 aromatic carbocycles. The van der Waals surface area contributed by atoms with Gasteiger partial charge in [0, 0.05) is 5.75 Å². The highest BCUT2D eigenvalue weighted by Gasteiger charge is 2.20. The molecule has 12 heavy (non-hydrogen) atoms. The fourth-order valence-electron chi connectivity index (χ4n) is 0.560. The molecule has 0 spiro atoms. The molecule has 0 saturated carbocycles. The molecule has 0 heterocycles. The van der Waals surface area contributed by atoms with Crippen LogP contribution in [0, 0.1) is 0 Å². The summed E-state index contributed by atoms with van der Waals surface area (Å²) in [5.74, 6) is -1.74. The Hall–Kier alpha value is -0.970. The minimum Gasteiger partial charge on any atom is -0.481 e. The van der Waals surface area contributed by atoms with Gasteiger partial charge < -0.3 is 10.2 Å². The summed E-state index contributed by atoms with van der Waals surface area (Å²) < 4.78 is 0. The summed E-state index contributed by atoms with van der Waals surface area (Å²) in [6.45, 7) is 3.41. The molecule has 0 aliphatic heterocycles. The van der Waals surface area contributed by atoms with E-state index in [1.807, 2.05) is 0 Å². The minimum atomic E-state index is -1.10. The van der Waals surface area contributed by atoms with Crippen molar-refractivity contribution < 1.29 is 19.8 Å². The van der Waals surface area contributed by atoms with Crippen LogP contribution in [-0.4, -0.2) is 33.2 Å². The van der Waals surface area contributed by atoms with E-state index in [0.29, 0.717) is 5.75 Å². The van der Waals surface area contributed by atoms with Crippen LogP contribution in [0.5, 0.6) is 0 Å². The highest BCUT2D eigenvalue weighted by molar-refractivity contribution is 8.00. The van der Waals surface area contributed by atoms with Gasteiger partial charge in [0.1, 0.15) is 5.25 Å². The van der Waals surface area contributed by atoms with Crippen LogP contribution in [0.15, 0.2) is 12.7 Å². The summed E-state index contributed by atoms with van der Waals surface area (Å²) >= 11 is 1.06. The lowest BCUT2D eigenvalue weighted by molar-refractivity contribution is -0.142. The second kappa shape index (κ2) is 5.65. The molecule has 0 bridgehead atoms. The van der Waals surface area contributed by atoms with Crippen molar-refractivity contribution in [1.82, 2.24) is 0 Å². The smallest absolute Gasteiger partial charge is 0.317 e. The predicted molar refractivity (Wildman–Crippen MR) is 46.3 cm³/mol. The van der Waals surface area contributed by atoms with Crippen LogP contribution in [0.4, 0.5) is 0 Å². The zero-order valence-corrected chi connectivity index (χ0v) is 7.21. The summed E-state index contributed by atoms with van der Waals surface area (Å²) in [4.78, 5) is 20.6. The van der Waals surface area contributed by atoms with Crippen molar-refractivity contribution in [1.29, 1.82) is 0 Å². The lowest BCUT2D eigenvalue weighted by atomic mass is 10.3. The molecule has 68 valence electrons. The monoisotopic (exact) mass is 190 g/mol. The first-order chi connectivity index (χ1) is 5.57. The number of aliphatic carboxylic acids is 2. The Morgan fingerprint density at radius 2 is 2.08 bits per heavy atom. The number of carboxylic acid groups (broad SMARTS) is 2. The fraction of sp³-hybridized carbons (Fsp3) is 0.429. The number of carboxylic acids is 2. The molecule has 0 aromatic rings. The average Bonchev–Trinajstić information content (AvgIpc) is 1.96. The maximum Gasteiger partial charge on any atom is 0.317 e. The van der Waals surface area contributed by atoms with Gasteiger partial charge >= 0.3 is 11.9 Å². The second-order valence-electron chi connectivity index (χ2n) is 2.05. The number of hydrogen-bond donors (Lipinski definition) is 2. The lowest BCUT2D eigenvalue weighted by Crippen LogP contribution is -2.20. The lowest BCUT2D eigenvalue weighted by Gasteiger charge is -2.06. The molecule has 0 saturated heterocycles. The van der Waals surface area contributed by atoms with Crippen LogP contribution in [0.25, 0.3) is 0 Å². The van der Waals surface area contributed by atoms with Crippen molar-refractivity contribution in [2.45, 2.75) is 11.7 Å². The molecular formula is C7H10O4S. The largest absolute Gasteiger partial charge is 0.481 e. The van der Waals surface area contributed by atoms with Gasteiger partial charge in [-0.3, -0.25) is 9.59 Å². The Morgan fingerprint density at radius 3 is 2.42 bits per heavy atom. The van der Waals surface area contributed by atoms with Crippen LogP contribution < -0.4 is 0 Å². The molecule has 1 atom stereocenters. The Labute approximate surface area is 74.3 Å². The van der Waals surface area contributed by atoms with Crippen molar-refractivity contribution >= 4 is 23.7 Å². The minimum absolute atomic E-state index is 0.353. The van der Waals surface area contributed by atoms with Gasteiger partial charge in [-0.2, -0.15) is 0 Å². The maximum atomic E-state index is 10.4. The molecule has 1 unspecified atom stereocenters. The Bertz CT molecular complexity index is 190. The molecule has 0 rings (SSSR count). The van der Waals surface area contributed by atoms with E-state index in [4.69, 9.17) is 10.2 Å². The molecule has 0 aliphatic rings. The highest BCUT2D eigenvalue weighted by Crippen LogP contribution is 2.14. The number of hydrogen-bond acceptors (Lipinski definition) is 3. The average molecular weight is 190 g/mol. The summed E-state index contributed by atoms with van der Waals surface area (Å²) in [5.41, 5.74) is 0. The Morgan fingerprint density at radius 1 is 1.50 bits per heavy atom. The highest BCUT2D eigenvalue weighted by atomic mass is 32.2. The number of rotatable bonds is 6. The summed E-state index contributed by atoms with van der Waals surface area (Å²) in [6.07, 6.45) is 1.19. The Balaban J connectivity index is 3.94. The van der Waals surface area contributed by atoms with Crippen molar-refractivity contribution in [2.24, 2.45) is 0 Å². The molecule has 2 N–H and O–H groups in total. The van der Waals surface area contributed by atoms with Crippen LogP contribution in [0.2, 0.25) is 0 Å². The molecule has 4 nitrogen and oxygen atoms in total. The first-order valence-corrected chi connectivity index (χ1v) is 4.30. The third-order valence-electron chi connectivity index (χ3n) is 1.05. The van der Waals surface area contributed by atoms with Gasteiger partial charge in [-0.1, -0.05) is 6.08 Å². The van der Waals surface area contributed by atoms with Gasteiger partial charge in [0.25, 0.3) is 0 Å². The third-order valence-corrected chi connectivity index (χ3v) is 2.25. The summed E-state index contributed by atoms with van der Waals surface area (Å²) in [7, 11) is 0. The normalized spacial score (nSPS) is 12.0. The first-order valence-electron chi connectivity index (χ1n) is 3.25. The van der Waals surface area contributed by atoms with Crippen LogP contribution in [0.3, 0.4) is 0 Å². The quantitative estimate of drug-likeness (QED) is 0.607. The van der Waals surface area contributed by atoms with E-state index in [0.717, 1.165) is 11.8 Å². The zero-order chi connectivity index (χ0) is 9.56. The predicted octanol–water partition coefficient (Wildman–Crippen LogP) is 0.834. The molecule has 0 aliphatic carbocycles. The SMILES string of the molecule is C=CCSC(CC(=O)O)C(=O)O. The fourth-order valence-corrected chi connectivity index (χ4v) is 1.33. The number of thioether (sulfide) groups is 1.